The van der Waals surface area contributed by atoms with E-state index >= 15 is 0 Å². The van der Waals surface area contributed by atoms with Gasteiger partial charge in [0, 0.05) is 18.5 Å². The van der Waals surface area contributed by atoms with Crippen molar-refractivity contribution in [2.45, 2.75) is 25.6 Å². The molecule has 0 spiro atoms. The molecule has 1 aliphatic heterocycles. The lowest BCUT2D eigenvalue weighted by atomic mass is 9.97. The first-order chi connectivity index (χ1) is 13.0. The maximum Gasteiger partial charge on any atom is 0.433 e. The number of fused-ring (bicyclic) bond motifs is 3. The van der Waals surface area contributed by atoms with Crippen molar-refractivity contribution in [2.75, 3.05) is 18.6 Å². The molecule has 0 radical (unpaired) electrons. The van der Waals surface area contributed by atoms with E-state index in [-0.39, 0.29) is 0 Å². The zero-order valence-electron chi connectivity index (χ0n) is 14.9. The van der Waals surface area contributed by atoms with Crippen molar-refractivity contribution in [1.29, 1.82) is 0 Å². The Labute approximate surface area is 155 Å². The van der Waals surface area contributed by atoms with E-state index in [1.54, 1.807) is 0 Å². The number of hydrogen-bond donors (Lipinski definition) is 0. The van der Waals surface area contributed by atoms with Gasteiger partial charge in [-0.05, 0) is 42.2 Å². The zero-order chi connectivity index (χ0) is 19.0. The second kappa shape index (κ2) is 6.76. The van der Waals surface area contributed by atoms with Crippen LogP contribution in [0.1, 0.15) is 23.2 Å². The highest BCUT2D eigenvalue weighted by atomic mass is 19.4. The lowest BCUT2D eigenvalue weighted by molar-refractivity contribution is -0.140. The molecule has 2 heterocycles. The van der Waals surface area contributed by atoms with Crippen LogP contribution >= 0.6 is 0 Å². The molecular formula is C21H19F3N2O. The van der Waals surface area contributed by atoms with Gasteiger partial charge in [-0.25, -0.2) is 4.98 Å². The zero-order valence-corrected chi connectivity index (χ0v) is 14.9. The van der Waals surface area contributed by atoms with Gasteiger partial charge in [-0.15, -0.1) is 0 Å². The molecule has 0 unspecified atom stereocenters. The van der Waals surface area contributed by atoms with Gasteiger partial charge < -0.3 is 9.64 Å². The molecule has 0 fully saturated rings. The Bertz CT molecular complexity index is 971. The number of nitrogens with zero attached hydrogens (tertiary/aromatic N) is 2. The van der Waals surface area contributed by atoms with Gasteiger partial charge in [0.15, 0.2) is 0 Å². The van der Waals surface area contributed by atoms with Crippen molar-refractivity contribution >= 4 is 16.6 Å². The Morgan fingerprint density at radius 2 is 1.89 bits per heavy atom. The average molecular weight is 372 g/mol. The van der Waals surface area contributed by atoms with Crippen LogP contribution in [0.15, 0.2) is 48.5 Å². The fourth-order valence-electron chi connectivity index (χ4n) is 3.70. The summed E-state index contributed by atoms with van der Waals surface area (Å²) in [6.45, 7) is 1.41. The van der Waals surface area contributed by atoms with Crippen LogP contribution in [0.4, 0.5) is 18.9 Å². The van der Waals surface area contributed by atoms with Gasteiger partial charge in [-0.1, -0.05) is 30.3 Å². The van der Waals surface area contributed by atoms with Crippen LogP contribution < -0.4 is 9.64 Å². The Balaban J connectivity index is 1.90. The average Bonchev–Trinajstić information content (AvgIpc) is 2.67. The number of hydrogen-bond acceptors (Lipinski definition) is 3. The highest BCUT2D eigenvalue weighted by molar-refractivity contribution is 5.97. The van der Waals surface area contributed by atoms with Crippen LogP contribution in [-0.4, -0.2) is 18.6 Å². The molecule has 2 aromatic carbocycles. The molecule has 6 heteroatoms. The molecule has 0 atom stereocenters. The number of pyridine rings is 1. The van der Waals surface area contributed by atoms with Crippen molar-refractivity contribution in [3.05, 3.63) is 65.4 Å². The SMILES string of the molecule is COc1cc2c(c3nc(C(F)(F)F)ccc13)N(Cc1ccccc1)CCC2. The Morgan fingerprint density at radius 3 is 2.59 bits per heavy atom. The summed E-state index contributed by atoms with van der Waals surface area (Å²) in [6, 6.07) is 14.3. The minimum atomic E-state index is -4.48. The van der Waals surface area contributed by atoms with Crippen LogP contribution in [0.5, 0.6) is 5.75 Å². The molecule has 140 valence electrons. The van der Waals surface area contributed by atoms with E-state index in [1.807, 2.05) is 36.4 Å². The highest BCUT2D eigenvalue weighted by Gasteiger charge is 2.33. The smallest absolute Gasteiger partial charge is 0.433 e. The first kappa shape index (κ1) is 17.6. The molecule has 0 saturated carbocycles. The minimum Gasteiger partial charge on any atom is -0.496 e. The van der Waals surface area contributed by atoms with E-state index in [4.69, 9.17) is 4.74 Å². The fraction of sp³-hybridized carbons (Fsp3) is 0.286. The van der Waals surface area contributed by atoms with Gasteiger partial charge in [0.25, 0.3) is 0 Å². The molecule has 0 N–H and O–H groups in total. The van der Waals surface area contributed by atoms with Crippen molar-refractivity contribution < 1.29 is 17.9 Å². The van der Waals surface area contributed by atoms with Gasteiger partial charge in [0.2, 0.25) is 0 Å². The number of methoxy groups -OCH3 is 1. The highest BCUT2D eigenvalue weighted by Crippen LogP contribution is 2.41. The lowest BCUT2D eigenvalue weighted by Crippen LogP contribution is -2.29. The number of aryl methyl sites for hydroxylation is 1. The molecular weight excluding hydrogens is 353 g/mol. The van der Waals surface area contributed by atoms with Crippen LogP contribution in [0.3, 0.4) is 0 Å². The standard InChI is InChI=1S/C21H19F3N2O/c1-27-17-12-15-8-5-11-26(13-14-6-3-2-4-7-14)20(15)19-16(17)9-10-18(25-19)21(22,23)24/h2-4,6-7,9-10,12H,5,8,11,13H2,1H3. The largest absolute Gasteiger partial charge is 0.496 e. The Hall–Kier alpha value is -2.76. The molecule has 1 aromatic heterocycles. The van der Waals surface area contributed by atoms with Gasteiger partial charge >= 0.3 is 6.18 Å². The van der Waals surface area contributed by atoms with Crippen LogP contribution in [0.2, 0.25) is 0 Å². The number of anilines is 1. The van der Waals surface area contributed by atoms with Crippen molar-refractivity contribution in [1.82, 2.24) is 4.98 Å². The lowest BCUT2D eigenvalue weighted by Gasteiger charge is -2.33. The van der Waals surface area contributed by atoms with E-state index in [1.165, 1.54) is 13.2 Å². The topological polar surface area (TPSA) is 25.4 Å². The van der Waals surface area contributed by atoms with Gasteiger partial charge in [-0.3, -0.25) is 0 Å². The third kappa shape index (κ3) is 3.31. The Kier molecular flexibility index (Phi) is 4.42. The molecule has 0 saturated heterocycles. The van der Waals surface area contributed by atoms with E-state index in [9.17, 15) is 13.2 Å². The Morgan fingerprint density at radius 1 is 1.11 bits per heavy atom. The molecule has 3 aromatic rings. The second-order valence-electron chi connectivity index (χ2n) is 6.69. The van der Waals surface area contributed by atoms with E-state index < -0.39 is 11.9 Å². The van der Waals surface area contributed by atoms with Crippen molar-refractivity contribution in [3.63, 3.8) is 0 Å². The van der Waals surface area contributed by atoms with Gasteiger partial charge in [0.1, 0.15) is 11.4 Å². The maximum atomic E-state index is 13.3. The third-order valence-corrected chi connectivity index (χ3v) is 4.91. The summed E-state index contributed by atoms with van der Waals surface area (Å²) >= 11 is 0. The van der Waals surface area contributed by atoms with E-state index in [0.29, 0.717) is 23.2 Å². The summed E-state index contributed by atoms with van der Waals surface area (Å²) in [7, 11) is 1.53. The minimum absolute atomic E-state index is 0.356. The summed E-state index contributed by atoms with van der Waals surface area (Å²) in [6.07, 6.45) is -2.75. The van der Waals surface area contributed by atoms with Gasteiger partial charge in [0.05, 0.1) is 18.3 Å². The number of aromatic nitrogens is 1. The molecule has 27 heavy (non-hydrogen) atoms. The van der Waals surface area contributed by atoms with E-state index in [2.05, 4.69) is 9.88 Å². The molecule has 0 bridgehead atoms. The molecule has 0 aliphatic carbocycles. The van der Waals surface area contributed by atoms with Crippen molar-refractivity contribution in [3.8, 4) is 5.75 Å². The summed E-state index contributed by atoms with van der Waals surface area (Å²) in [4.78, 5) is 6.14. The predicted octanol–water partition coefficient (Wildman–Crippen LogP) is 5.22. The molecule has 3 nitrogen and oxygen atoms in total. The number of alkyl halides is 3. The summed E-state index contributed by atoms with van der Waals surface area (Å²) < 4.78 is 45.2. The van der Waals surface area contributed by atoms with Crippen LogP contribution in [-0.2, 0) is 19.1 Å². The third-order valence-electron chi connectivity index (χ3n) is 4.91. The maximum absolute atomic E-state index is 13.3. The molecule has 4 rings (SSSR count). The molecule has 0 amide bonds. The monoisotopic (exact) mass is 372 g/mol. The normalized spacial score (nSPS) is 14.3. The number of benzene rings is 2. The quantitative estimate of drug-likeness (QED) is 0.631. The first-order valence-electron chi connectivity index (χ1n) is 8.84. The fourth-order valence-corrected chi connectivity index (χ4v) is 3.70. The number of ether oxygens (including phenoxy) is 1. The predicted molar refractivity (Wildman–Crippen MR) is 99.1 cm³/mol. The van der Waals surface area contributed by atoms with Crippen LogP contribution in [0.25, 0.3) is 10.9 Å². The van der Waals surface area contributed by atoms with Gasteiger partial charge in [-0.2, -0.15) is 13.2 Å². The second-order valence-corrected chi connectivity index (χ2v) is 6.69. The first-order valence-corrected chi connectivity index (χ1v) is 8.84. The van der Waals surface area contributed by atoms with Crippen molar-refractivity contribution in [2.24, 2.45) is 0 Å². The molecule has 1 aliphatic rings. The number of rotatable bonds is 3. The number of halogens is 3. The summed E-state index contributed by atoms with van der Waals surface area (Å²) in [5.74, 6) is 0.562. The summed E-state index contributed by atoms with van der Waals surface area (Å²) in [5.41, 5.74) is 2.35. The van der Waals surface area contributed by atoms with E-state index in [0.717, 1.165) is 42.3 Å². The summed E-state index contributed by atoms with van der Waals surface area (Å²) in [5, 5.41) is 0.601. The van der Waals surface area contributed by atoms with Crippen LogP contribution in [0, 0.1) is 0 Å².